The van der Waals surface area contributed by atoms with Crippen LogP contribution in [-0.4, -0.2) is 19.1 Å². The van der Waals surface area contributed by atoms with E-state index in [4.69, 9.17) is 21.3 Å². The molecule has 24 heavy (non-hydrogen) atoms. The van der Waals surface area contributed by atoms with Gasteiger partial charge in [0.15, 0.2) is 0 Å². The Morgan fingerprint density at radius 2 is 1.83 bits per heavy atom. The second kappa shape index (κ2) is 7.79. The van der Waals surface area contributed by atoms with Gasteiger partial charge >= 0.3 is 0 Å². The van der Waals surface area contributed by atoms with Crippen LogP contribution in [0.4, 0.5) is 0 Å². The van der Waals surface area contributed by atoms with Gasteiger partial charge in [-0.25, -0.2) is 4.98 Å². The molecule has 0 spiro atoms. The Labute approximate surface area is 151 Å². The molecule has 0 amide bonds. The SMILES string of the molecule is COc1ccc(C[NH+](C)Cc2csc(-c3ccccc3Cl)n2)cc1. The molecule has 0 bridgehead atoms. The first-order chi connectivity index (χ1) is 11.7. The standard InChI is InChI=1S/C19H19ClN2OS/c1-22(11-14-7-9-16(23-2)10-8-14)12-15-13-24-19(21-15)17-5-3-4-6-18(17)20/h3-10,13H,11-12H2,1-2H3/p+1. The number of benzene rings is 2. The highest BCUT2D eigenvalue weighted by molar-refractivity contribution is 7.13. The van der Waals surface area contributed by atoms with E-state index >= 15 is 0 Å². The number of aromatic nitrogens is 1. The van der Waals surface area contributed by atoms with Gasteiger partial charge in [0.25, 0.3) is 0 Å². The lowest BCUT2D eigenvalue weighted by Gasteiger charge is -2.13. The first kappa shape index (κ1) is 17.0. The molecule has 2 aromatic carbocycles. The van der Waals surface area contributed by atoms with Crippen molar-refractivity contribution in [2.75, 3.05) is 14.2 Å². The van der Waals surface area contributed by atoms with Crippen molar-refractivity contribution >= 4 is 22.9 Å². The fourth-order valence-corrected chi connectivity index (χ4v) is 3.75. The Bertz CT molecular complexity index is 801. The lowest BCUT2D eigenvalue weighted by molar-refractivity contribution is -0.908. The van der Waals surface area contributed by atoms with Crippen LogP contribution in [0.25, 0.3) is 10.6 Å². The summed E-state index contributed by atoms with van der Waals surface area (Å²) in [4.78, 5) is 6.13. The van der Waals surface area contributed by atoms with Crippen LogP contribution in [0.1, 0.15) is 11.3 Å². The van der Waals surface area contributed by atoms with Gasteiger partial charge in [-0.05, 0) is 30.3 Å². The highest BCUT2D eigenvalue weighted by Gasteiger charge is 2.12. The zero-order valence-corrected chi connectivity index (χ0v) is 15.3. The van der Waals surface area contributed by atoms with Gasteiger partial charge in [-0.1, -0.05) is 29.8 Å². The van der Waals surface area contributed by atoms with Gasteiger partial charge in [0.2, 0.25) is 0 Å². The number of quaternary nitrogens is 1. The smallest absolute Gasteiger partial charge is 0.125 e. The van der Waals surface area contributed by atoms with Crippen molar-refractivity contribution in [3.8, 4) is 16.3 Å². The van der Waals surface area contributed by atoms with Gasteiger partial charge in [0, 0.05) is 16.5 Å². The number of methoxy groups -OCH3 is 1. The number of hydrogen-bond acceptors (Lipinski definition) is 3. The van der Waals surface area contributed by atoms with Crippen LogP contribution in [-0.2, 0) is 13.1 Å². The Balaban J connectivity index is 1.64. The van der Waals surface area contributed by atoms with E-state index in [2.05, 4.69) is 24.6 Å². The zero-order valence-electron chi connectivity index (χ0n) is 13.8. The van der Waals surface area contributed by atoms with Crippen LogP contribution in [0.5, 0.6) is 5.75 Å². The first-order valence-corrected chi connectivity index (χ1v) is 9.05. The van der Waals surface area contributed by atoms with E-state index in [-0.39, 0.29) is 0 Å². The first-order valence-electron chi connectivity index (χ1n) is 7.79. The molecule has 0 saturated heterocycles. The molecule has 0 aliphatic carbocycles. The van der Waals surface area contributed by atoms with E-state index in [1.165, 1.54) is 10.5 Å². The lowest BCUT2D eigenvalue weighted by Crippen LogP contribution is -3.06. The van der Waals surface area contributed by atoms with Crippen LogP contribution in [0.3, 0.4) is 0 Å². The molecule has 1 aromatic heterocycles. The number of ether oxygens (including phenoxy) is 1. The summed E-state index contributed by atoms with van der Waals surface area (Å²) >= 11 is 7.90. The highest BCUT2D eigenvalue weighted by atomic mass is 35.5. The third kappa shape index (κ3) is 4.15. The number of hydrogen-bond donors (Lipinski definition) is 1. The number of nitrogens with one attached hydrogen (secondary N) is 1. The van der Waals surface area contributed by atoms with E-state index < -0.39 is 0 Å². The van der Waals surface area contributed by atoms with Crippen molar-refractivity contribution in [2.45, 2.75) is 13.1 Å². The van der Waals surface area contributed by atoms with Gasteiger partial charge in [0.05, 0.1) is 19.2 Å². The largest absolute Gasteiger partial charge is 0.497 e. The van der Waals surface area contributed by atoms with E-state index in [0.29, 0.717) is 0 Å². The Morgan fingerprint density at radius 1 is 1.08 bits per heavy atom. The summed E-state index contributed by atoms with van der Waals surface area (Å²) in [6, 6.07) is 16.1. The molecule has 3 nitrogen and oxygen atoms in total. The number of thiazole rings is 1. The molecule has 0 aliphatic rings. The van der Waals surface area contributed by atoms with Crippen LogP contribution >= 0.6 is 22.9 Å². The summed E-state index contributed by atoms with van der Waals surface area (Å²) in [7, 11) is 3.87. The molecule has 1 atom stereocenters. The second-order valence-corrected chi connectivity index (χ2v) is 7.05. The maximum Gasteiger partial charge on any atom is 0.125 e. The molecular formula is C19H20ClN2OS+. The zero-order chi connectivity index (χ0) is 16.9. The lowest BCUT2D eigenvalue weighted by atomic mass is 10.2. The maximum absolute atomic E-state index is 6.26. The molecule has 0 radical (unpaired) electrons. The monoisotopic (exact) mass is 359 g/mol. The molecule has 5 heteroatoms. The van der Waals surface area contributed by atoms with Crippen molar-refractivity contribution in [3.05, 3.63) is 70.2 Å². The number of rotatable bonds is 6. The molecule has 1 unspecified atom stereocenters. The van der Waals surface area contributed by atoms with E-state index in [1.807, 2.05) is 36.4 Å². The average molecular weight is 360 g/mol. The highest BCUT2D eigenvalue weighted by Crippen LogP contribution is 2.29. The van der Waals surface area contributed by atoms with Crippen molar-refractivity contribution in [1.29, 1.82) is 0 Å². The van der Waals surface area contributed by atoms with Crippen molar-refractivity contribution in [2.24, 2.45) is 0 Å². The van der Waals surface area contributed by atoms with E-state index in [1.54, 1.807) is 18.4 Å². The molecule has 1 N–H and O–H groups in total. The normalized spacial score (nSPS) is 12.1. The van der Waals surface area contributed by atoms with Crippen molar-refractivity contribution in [1.82, 2.24) is 4.98 Å². The predicted molar refractivity (Wildman–Crippen MR) is 99.8 cm³/mol. The molecule has 0 aliphatic heterocycles. The van der Waals surface area contributed by atoms with Gasteiger partial charge in [0.1, 0.15) is 29.5 Å². The van der Waals surface area contributed by atoms with Gasteiger partial charge in [-0.2, -0.15) is 0 Å². The maximum atomic E-state index is 6.26. The van der Waals surface area contributed by atoms with Crippen LogP contribution < -0.4 is 9.64 Å². The fourth-order valence-electron chi connectivity index (χ4n) is 2.61. The number of halogens is 1. The topological polar surface area (TPSA) is 26.6 Å². The van der Waals surface area contributed by atoms with Crippen LogP contribution in [0.2, 0.25) is 5.02 Å². The van der Waals surface area contributed by atoms with Crippen molar-refractivity contribution < 1.29 is 9.64 Å². The molecule has 3 aromatic rings. The molecule has 0 fully saturated rings. The minimum absolute atomic E-state index is 0.748. The summed E-state index contributed by atoms with van der Waals surface area (Å²) in [6.07, 6.45) is 0. The molecule has 0 saturated carbocycles. The molecule has 124 valence electrons. The summed E-state index contributed by atoms with van der Waals surface area (Å²) in [6.45, 7) is 1.83. The Hall–Kier alpha value is -1.88. The molecule has 1 heterocycles. The molecular weight excluding hydrogens is 340 g/mol. The number of nitrogens with zero attached hydrogens (tertiary/aromatic N) is 1. The third-order valence-electron chi connectivity index (χ3n) is 3.80. The average Bonchev–Trinajstić information content (AvgIpc) is 3.04. The second-order valence-electron chi connectivity index (χ2n) is 5.78. The van der Waals surface area contributed by atoms with Crippen molar-refractivity contribution in [3.63, 3.8) is 0 Å². The quantitative estimate of drug-likeness (QED) is 0.726. The predicted octanol–water partition coefficient (Wildman–Crippen LogP) is 3.69. The summed E-state index contributed by atoms with van der Waals surface area (Å²) < 4.78 is 5.20. The summed E-state index contributed by atoms with van der Waals surface area (Å²) in [5.74, 6) is 0.889. The Kier molecular flexibility index (Phi) is 5.51. The van der Waals surface area contributed by atoms with E-state index in [0.717, 1.165) is 40.1 Å². The van der Waals surface area contributed by atoms with E-state index in [9.17, 15) is 0 Å². The van der Waals surface area contributed by atoms with Crippen LogP contribution in [0, 0.1) is 0 Å². The van der Waals surface area contributed by atoms with Gasteiger partial charge in [-0.15, -0.1) is 11.3 Å². The minimum atomic E-state index is 0.748. The third-order valence-corrected chi connectivity index (χ3v) is 5.06. The summed E-state index contributed by atoms with van der Waals surface area (Å²) in [5.41, 5.74) is 3.39. The Morgan fingerprint density at radius 3 is 2.54 bits per heavy atom. The molecule has 3 rings (SSSR count). The summed E-state index contributed by atoms with van der Waals surface area (Å²) in [5, 5.41) is 3.85. The van der Waals surface area contributed by atoms with Gasteiger partial charge < -0.3 is 9.64 Å². The van der Waals surface area contributed by atoms with Crippen LogP contribution in [0.15, 0.2) is 53.9 Å². The minimum Gasteiger partial charge on any atom is -0.497 e. The van der Waals surface area contributed by atoms with Gasteiger partial charge in [-0.3, -0.25) is 0 Å². The fraction of sp³-hybridized carbons (Fsp3) is 0.211.